The van der Waals surface area contributed by atoms with Crippen molar-refractivity contribution in [2.75, 3.05) is 11.4 Å². The second kappa shape index (κ2) is 6.26. The molecule has 4 nitrogen and oxygen atoms in total. The summed E-state index contributed by atoms with van der Waals surface area (Å²) in [6, 6.07) is 7.93. The van der Waals surface area contributed by atoms with Crippen LogP contribution in [0.3, 0.4) is 0 Å². The van der Waals surface area contributed by atoms with Crippen LogP contribution >= 0.6 is 0 Å². The molecule has 138 valence electrons. The predicted molar refractivity (Wildman–Crippen MR) is 98.4 cm³/mol. The van der Waals surface area contributed by atoms with Gasteiger partial charge in [0.1, 0.15) is 0 Å². The number of anilines is 1. The molecule has 4 rings (SSSR count). The van der Waals surface area contributed by atoms with Crippen molar-refractivity contribution in [2.24, 2.45) is 17.3 Å². The molecule has 2 atom stereocenters. The van der Waals surface area contributed by atoms with Crippen LogP contribution in [-0.4, -0.2) is 18.4 Å². The number of carbonyl (C=O) groups is 2. The van der Waals surface area contributed by atoms with Gasteiger partial charge in [-0.25, -0.2) is 0 Å². The summed E-state index contributed by atoms with van der Waals surface area (Å²) >= 11 is 0. The molecule has 0 fully saturated rings. The molecular weight excluding hydrogens is 326 g/mol. The lowest BCUT2D eigenvalue weighted by Gasteiger charge is -2.44. The summed E-state index contributed by atoms with van der Waals surface area (Å²) in [5, 5.41) is 11.9. The highest BCUT2D eigenvalue weighted by Crippen LogP contribution is 2.50. The average Bonchev–Trinajstić information content (AvgIpc) is 3.04. The van der Waals surface area contributed by atoms with E-state index in [1.54, 1.807) is 4.90 Å². The summed E-state index contributed by atoms with van der Waals surface area (Å²) in [5.41, 5.74) is 4.74. The number of amides is 1. The van der Waals surface area contributed by atoms with Crippen LogP contribution in [0.25, 0.3) is 0 Å². The van der Waals surface area contributed by atoms with E-state index < -0.39 is 17.8 Å². The lowest BCUT2D eigenvalue weighted by Crippen LogP contribution is -2.47. The molecule has 26 heavy (non-hydrogen) atoms. The number of carbonyl (C=O) groups excluding carboxylic acids is 2. The van der Waals surface area contributed by atoms with Crippen molar-refractivity contribution in [1.29, 1.82) is 0 Å². The van der Waals surface area contributed by atoms with Crippen molar-refractivity contribution in [3.63, 3.8) is 0 Å². The Bertz CT molecular complexity index is 792. The number of benzene rings is 1. The number of carboxylic acid groups (broad SMARTS) is 1. The number of fused-ring (bicyclic) bond motifs is 1. The van der Waals surface area contributed by atoms with Crippen molar-refractivity contribution >= 4 is 17.6 Å². The fourth-order valence-corrected chi connectivity index (χ4v) is 5.21. The van der Waals surface area contributed by atoms with Gasteiger partial charge in [-0.05, 0) is 55.6 Å². The van der Waals surface area contributed by atoms with Gasteiger partial charge in [-0.1, -0.05) is 43.2 Å². The zero-order chi connectivity index (χ0) is 18.5. The minimum Gasteiger partial charge on any atom is -0.550 e. The Balaban J connectivity index is 1.66. The molecule has 0 saturated carbocycles. The molecule has 0 radical (unpaired) electrons. The fourth-order valence-electron chi connectivity index (χ4n) is 5.21. The van der Waals surface area contributed by atoms with E-state index in [0.717, 1.165) is 31.4 Å². The maximum absolute atomic E-state index is 13.3. The zero-order valence-electron chi connectivity index (χ0n) is 15.6. The minimum atomic E-state index is -1.08. The van der Waals surface area contributed by atoms with Gasteiger partial charge in [-0.3, -0.25) is 4.79 Å². The number of para-hydroxylation sites is 1. The van der Waals surface area contributed by atoms with Gasteiger partial charge in [0.25, 0.3) is 0 Å². The van der Waals surface area contributed by atoms with E-state index in [2.05, 4.69) is 13.8 Å². The van der Waals surface area contributed by atoms with Crippen LogP contribution in [0, 0.1) is 17.3 Å². The molecule has 4 heteroatoms. The maximum atomic E-state index is 13.3. The van der Waals surface area contributed by atoms with Crippen LogP contribution in [0.2, 0.25) is 0 Å². The van der Waals surface area contributed by atoms with Crippen molar-refractivity contribution in [1.82, 2.24) is 0 Å². The van der Waals surface area contributed by atoms with Gasteiger partial charge in [0.15, 0.2) is 0 Å². The van der Waals surface area contributed by atoms with Crippen molar-refractivity contribution in [3.05, 3.63) is 41.0 Å². The molecule has 2 aliphatic carbocycles. The van der Waals surface area contributed by atoms with Crippen molar-refractivity contribution in [3.8, 4) is 0 Å². The normalized spacial score (nSPS) is 27.1. The minimum absolute atomic E-state index is 0.0372. The molecular formula is C22H26NO3-. The molecule has 1 aromatic rings. The molecule has 1 amide bonds. The number of hydrogen-bond acceptors (Lipinski definition) is 3. The van der Waals surface area contributed by atoms with Gasteiger partial charge in [-0.2, -0.15) is 0 Å². The van der Waals surface area contributed by atoms with Gasteiger partial charge in [0.2, 0.25) is 5.91 Å². The summed E-state index contributed by atoms with van der Waals surface area (Å²) < 4.78 is 0. The second-order valence-corrected chi connectivity index (χ2v) is 8.63. The predicted octanol–water partition coefficient (Wildman–Crippen LogP) is 2.86. The van der Waals surface area contributed by atoms with E-state index in [-0.39, 0.29) is 11.3 Å². The molecule has 3 aliphatic rings. The van der Waals surface area contributed by atoms with Gasteiger partial charge in [0, 0.05) is 24.1 Å². The first-order chi connectivity index (χ1) is 12.4. The Morgan fingerprint density at radius 1 is 1.12 bits per heavy atom. The molecule has 0 aromatic heterocycles. The van der Waals surface area contributed by atoms with Gasteiger partial charge in [0.05, 0.1) is 5.92 Å². The van der Waals surface area contributed by atoms with E-state index in [0.29, 0.717) is 19.4 Å². The van der Waals surface area contributed by atoms with Gasteiger partial charge < -0.3 is 14.8 Å². The first kappa shape index (κ1) is 17.3. The molecule has 1 heterocycles. The van der Waals surface area contributed by atoms with Crippen LogP contribution in [0.4, 0.5) is 5.69 Å². The molecule has 0 unspecified atom stereocenters. The first-order valence-corrected chi connectivity index (χ1v) is 9.70. The Labute approximate surface area is 154 Å². The van der Waals surface area contributed by atoms with E-state index in [4.69, 9.17) is 0 Å². The van der Waals surface area contributed by atoms with Gasteiger partial charge in [-0.15, -0.1) is 0 Å². The SMILES string of the molecule is CC1(C)CCCC2=C1C[C@@H](C(=O)[O-])[C@@H](C(=O)N1CCc3ccccc31)C2. The largest absolute Gasteiger partial charge is 0.550 e. The number of carboxylic acids is 1. The third kappa shape index (κ3) is 2.76. The molecule has 0 N–H and O–H groups in total. The number of aliphatic carboxylic acids is 1. The Hall–Kier alpha value is -2.10. The lowest BCUT2D eigenvalue weighted by atomic mass is 9.63. The summed E-state index contributed by atoms with van der Waals surface area (Å²) in [6.45, 7) is 5.05. The lowest BCUT2D eigenvalue weighted by molar-refractivity contribution is -0.313. The molecule has 0 bridgehead atoms. The Morgan fingerprint density at radius 3 is 2.65 bits per heavy atom. The standard InChI is InChI=1S/C22H27NO3/c1-22(2)10-5-7-15-12-16(17(21(25)26)13-18(15)22)20(24)23-11-9-14-6-3-4-8-19(14)23/h3-4,6,8,16-17H,5,7,9-13H2,1-2H3,(H,25,26)/p-1/t16-,17+/m0/s1. The summed E-state index contributed by atoms with van der Waals surface area (Å²) in [4.78, 5) is 27.0. The topological polar surface area (TPSA) is 60.4 Å². The third-order valence-electron chi connectivity index (χ3n) is 6.67. The number of allylic oxidation sites excluding steroid dienone is 2. The van der Waals surface area contributed by atoms with Crippen molar-refractivity contribution < 1.29 is 14.7 Å². The van der Waals surface area contributed by atoms with Crippen LogP contribution in [0.15, 0.2) is 35.4 Å². The van der Waals surface area contributed by atoms with Crippen LogP contribution < -0.4 is 10.0 Å². The molecule has 1 aliphatic heterocycles. The number of rotatable bonds is 2. The Morgan fingerprint density at radius 2 is 1.88 bits per heavy atom. The quantitative estimate of drug-likeness (QED) is 0.769. The van der Waals surface area contributed by atoms with E-state index >= 15 is 0 Å². The maximum Gasteiger partial charge on any atom is 0.231 e. The average molecular weight is 352 g/mol. The van der Waals surface area contributed by atoms with Gasteiger partial charge >= 0.3 is 0 Å². The highest BCUT2D eigenvalue weighted by atomic mass is 16.4. The summed E-state index contributed by atoms with van der Waals surface area (Å²) in [7, 11) is 0. The van der Waals surface area contributed by atoms with Crippen LogP contribution in [0.5, 0.6) is 0 Å². The number of hydrogen-bond donors (Lipinski definition) is 0. The summed E-state index contributed by atoms with van der Waals surface area (Å²) in [5.74, 6) is -2.34. The Kier molecular flexibility index (Phi) is 4.17. The zero-order valence-corrected chi connectivity index (χ0v) is 15.6. The van der Waals surface area contributed by atoms with E-state index in [1.165, 1.54) is 16.7 Å². The number of nitrogens with zero attached hydrogens (tertiary/aromatic N) is 1. The van der Waals surface area contributed by atoms with Crippen LogP contribution in [0.1, 0.15) is 51.5 Å². The third-order valence-corrected chi connectivity index (χ3v) is 6.67. The molecule has 0 saturated heterocycles. The highest BCUT2D eigenvalue weighted by molar-refractivity contribution is 5.99. The molecule has 0 spiro atoms. The van der Waals surface area contributed by atoms with Crippen LogP contribution in [-0.2, 0) is 16.0 Å². The fraction of sp³-hybridized carbons (Fsp3) is 0.545. The monoisotopic (exact) mass is 352 g/mol. The van der Waals surface area contributed by atoms with E-state index in [9.17, 15) is 14.7 Å². The molecule has 1 aromatic carbocycles. The second-order valence-electron chi connectivity index (χ2n) is 8.63. The first-order valence-electron chi connectivity index (χ1n) is 9.70. The summed E-state index contributed by atoms with van der Waals surface area (Å²) in [6.07, 6.45) is 5.09. The van der Waals surface area contributed by atoms with Crippen molar-refractivity contribution in [2.45, 2.75) is 52.4 Å². The smallest absolute Gasteiger partial charge is 0.231 e. The van der Waals surface area contributed by atoms with E-state index in [1.807, 2.05) is 24.3 Å². The highest BCUT2D eigenvalue weighted by Gasteiger charge is 2.43.